The molecule has 2 heteroatoms. The van der Waals surface area contributed by atoms with Crippen LogP contribution in [0.4, 0.5) is 0 Å². The molecule has 1 aliphatic rings. The summed E-state index contributed by atoms with van der Waals surface area (Å²) in [5.41, 5.74) is 2.26. The highest BCUT2D eigenvalue weighted by molar-refractivity contribution is 5.24. The van der Waals surface area contributed by atoms with Crippen molar-refractivity contribution in [2.75, 3.05) is 0 Å². The summed E-state index contributed by atoms with van der Waals surface area (Å²) in [6.45, 7) is 0. The van der Waals surface area contributed by atoms with Crippen LogP contribution in [0, 0.1) is 0 Å². The first-order valence-electron chi connectivity index (χ1n) is 6.41. The lowest BCUT2D eigenvalue weighted by Gasteiger charge is -2.21. The van der Waals surface area contributed by atoms with Gasteiger partial charge in [-0.05, 0) is 24.0 Å². The number of hydrogen-bond acceptors (Lipinski definition) is 1. The molecule has 18 heavy (non-hydrogen) atoms. The number of rotatable bonds is 2. The molecule has 0 amide bonds. The van der Waals surface area contributed by atoms with Crippen LogP contribution in [-0.4, -0.2) is 5.06 Å². The molecule has 0 aliphatic carbocycles. The van der Waals surface area contributed by atoms with E-state index in [1.165, 1.54) is 5.06 Å². The van der Waals surface area contributed by atoms with Crippen LogP contribution in [0.5, 0.6) is 0 Å². The predicted octanol–water partition coefficient (Wildman–Crippen LogP) is 3.91. The fourth-order valence-electron chi connectivity index (χ4n) is 2.76. The standard InChI is InChI=1S/C16H16NO/c18-17-15(13-7-3-1-4-8-13)11-12-16(17)14-9-5-2-6-10-14/h1-10,15-16H,11-12H2. The van der Waals surface area contributed by atoms with Gasteiger partial charge in [-0.3, -0.25) is 0 Å². The van der Waals surface area contributed by atoms with Gasteiger partial charge >= 0.3 is 0 Å². The van der Waals surface area contributed by atoms with E-state index in [4.69, 9.17) is 0 Å². The summed E-state index contributed by atoms with van der Waals surface area (Å²) >= 11 is 0. The minimum atomic E-state index is 0.0106. The predicted molar refractivity (Wildman–Crippen MR) is 70.1 cm³/mol. The van der Waals surface area contributed by atoms with Gasteiger partial charge in [-0.1, -0.05) is 60.7 Å². The summed E-state index contributed by atoms with van der Waals surface area (Å²) in [5.74, 6) is 0. The first kappa shape index (κ1) is 11.5. The molecule has 0 N–H and O–H groups in total. The van der Waals surface area contributed by atoms with Gasteiger partial charge in [0.15, 0.2) is 0 Å². The minimum Gasteiger partial charge on any atom is -0.140 e. The van der Waals surface area contributed by atoms with Gasteiger partial charge in [0.25, 0.3) is 0 Å². The van der Waals surface area contributed by atoms with Gasteiger partial charge in [0, 0.05) is 0 Å². The SMILES string of the molecule is [O]N1C(c2ccccc2)CCC1c1ccccc1. The van der Waals surface area contributed by atoms with Gasteiger partial charge in [-0.25, -0.2) is 0 Å². The average molecular weight is 238 g/mol. The highest BCUT2D eigenvalue weighted by Crippen LogP contribution is 2.42. The molecule has 2 aromatic carbocycles. The molecule has 0 bridgehead atoms. The molecule has 1 aliphatic heterocycles. The summed E-state index contributed by atoms with van der Waals surface area (Å²) < 4.78 is 0. The summed E-state index contributed by atoms with van der Waals surface area (Å²) in [4.78, 5) is 0. The smallest absolute Gasteiger partial charge is 0.0640 e. The Kier molecular flexibility index (Phi) is 3.13. The van der Waals surface area contributed by atoms with Crippen molar-refractivity contribution in [1.82, 2.24) is 5.06 Å². The fourth-order valence-corrected chi connectivity index (χ4v) is 2.76. The van der Waals surface area contributed by atoms with Crippen LogP contribution >= 0.6 is 0 Å². The lowest BCUT2D eigenvalue weighted by Crippen LogP contribution is -2.20. The first-order chi connectivity index (χ1) is 8.86. The van der Waals surface area contributed by atoms with Crippen molar-refractivity contribution in [2.24, 2.45) is 0 Å². The quantitative estimate of drug-likeness (QED) is 0.778. The van der Waals surface area contributed by atoms with Gasteiger partial charge in [0.1, 0.15) is 0 Å². The van der Waals surface area contributed by atoms with Gasteiger partial charge in [0.05, 0.1) is 12.1 Å². The minimum absolute atomic E-state index is 0.0106. The Morgan fingerprint density at radius 3 is 1.50 bits per heavy atom. The molecule has 0 spiro atoms. The van der Waals surface area contributed by atoms with Gasteiger partial charge in [-0.2, -0.15) is 0 Å². The molecule has 0 aromatic heterocycles. The maximum Gasteiger partial charge on any atom is 0.0640 e. The molecule has 0 saturated carbocycles. The van der Waals surface area contributed by atoms with E-state index in [1.54, 1.807) is 0 Å². The molecule has 1 saturated heterocycles. The van der Waals surface area contributed by atoms with Crippen molar-refractivity contribution in [3.63, 3.8) is 0 Å². The Labute approximate surface area is 107 Å². The first-order valence-corrected chi connectivity index (χ1v) is 6.41. The Bertz CT molecular complexity index is 450. The van der Waals surface area contributed by atoms with Crippen LogP contribution in [0.25, 0.3) is 0 Å². The van der Waals surface area contributed by atoms with E-state index in [1.807, 2.05) is 60.7 Å². The molecule has 2 unspecified atom stereocenters. The second kappa shape index (κ2) is 4.92. The van der Waals surface area contributed by atoms with Crippen LogP contribution in [0.15, 0.2) is 60.7 Å². The zero-order valence-electron chi connectivity index (χ0n) is 10.2. The van der Waals surface area contributed by atoms with Crippen molar-refractivity contribution >= 4 is 0 Å². The number of benzene rings is 2. The average Bonchev–Trinajstić information content (AvgIpc) is 2.83. The molecular weight excluding hydrogens is 222 g/mol. The highest BCUT2D eigenvalue weighted by Gasteiger charge is 2.35. The molecular formula is C16H16NO. The molecule has 1 heterocycles. The summed E-state index contributed by atoms with van der Waals surface area (Å²) in [6, 6.07) is 20.2. The zero-order valence-corrected chi connectivity index (χ0v) is 10.2. The van der Waals surface area contributed by atoms with Crippen LogP contribution in [0.2, 0.25) is 0 Å². The summed E-state index contributed by atoms with van der Waals surface area (Å²) in [5, 5.41) is 13.7. The number of nitrogens with zero attached hydrogens (tertiary/aromatic N) is 1. The lowest BCUT2D eigenvalue weighted by atomic mass is 10.0. The fraction of sp³-hybridized carbons (Fsp3) is 0.250. The largest absolute Gasteiger partial charge is 0.140 e. The second-order valence-corrected chi connectivity index (χ2v) is 4.79. The zero-order chi connectivity index (χ0) is 12.4. The normalized spacial score (nSPS) is 24.3. The topological polar surface area (TPSA) is 23.1 Å². The third-order valence-corrected chi connectivity index (χ3v) is 3.70. The highest BCUT2D eigenvalue weighted by atomic mass is 16.5. The van der Waals surface area contributed by atoms with Gasteiger partial charge in [-0.15, -0.1) is 10.3 Å². The van der Waals surface area contributed by atoms with Crippen molar-refractivity contribution in [3.8, 4) is 0 Å². The third-order valence-electron chi connectivity index (χ3n) is 3.70. The molecule has 91 valence electrons. The maximum absolute atomic E-state index is 12.4. The number of hydrogen-bond donors (Lipinski definition) is 0. The van der Waals surface area contributed by atoms with E-state index in [9.17, 15) is 5.21 Å². The number of hydroxylamine groups is 2. The summed E-state index contributed by atoms with van der Waals surface area (Å²) in [6.07, 6.45) is 1.88. The Morgan fingerprint density at radius 1 is 0.722 bits per heavy atom. The Hall–Kier alpha value is -1.64. The van der Waals surface area contributed by atoms with E-state index in [0.717, 1.165) is 24.0 Å². The maximum atomic E-state index is 12.4. The molecule has 1 fully saturated rings. The van der Waals surface area contributed by atoms with E-state index in [-0.39, 0.29) is 12.1 Å². The van der Waals surface area contributed by atoms with Crippen molar-refractivity contribution in [3.05, 3.63) is 71.8 Å². The van der Waals surface area contributed by atoms with E-state index in [2.05, 4.69) is 0 Å². The second-order valence-electron chi connectivity index (χ2n) is 4.79. The van der Waals surface area contributed by atoms with E-state index >= 15 is 0 Å². The van der Waals surface area contributed by atoms with Crippen molar-refractivity contribution < 1.29 is 5.21 Å². The monoisotopic (exact) mass is 238 g/mol. The van der Waals surface area contributed by atoms with Crippen LogP contribution in [0.1, 0.15) is 36.1 Å². The van der Waals surface area contributed by atoms with Crippen LogP contribution in [0.3, 0.4) is 0 Å². The third kappa shape index (κ3) is 2.05. The van der Waals surface area contributed by atoms with Crippen molar-refractivity contribution in [1.29, 1.82) is 0 Å². The molecule has 2 aromatic rings. The Balaban J connectivity index is 1.83. The van der Waals surface area contributed by atoms with Gasteiger partial charge < -0.3 is 0 Å². The molecule has 1 radical (unpaired) electrons. The van der Waals surface area contributed by atoms with Crippen LogP contribution < -0.4 is 0 Å². The lowest BCUT2D eigenvalue weighted by molar-refractivity contribution is -0.197. The van der Waals surface area contributed by atoms with E-state index in [0.29, 0.717) is 0 Å². The van der Waals surface area contributed by atoms with Crippen molar-refractivity contribution in [2.45, 2.75) is 24.9 Å². The van der Waals surface area contributed by atoms with Gasteiger partial charge in [0.2, 0.25) is 0 Å². The Morgan fingerprint density at radius 2 is 1.11 bits per heavy atom. The molecule has 3 rings (SSSR count). The molecule has 2 nitrogen and oxygen atoms in total. The summed E-state index contributed by atoms with van der Waals surface area (Å²) in [7, 11) is 0. The van der Waals surface area contributed by atoms with E-state index < -0.39 is 0 Å². The van der Waals surface area contributed by atoms with Crippen LogP contribution in [-0.2, 0) is 5.21 Å². The molecule has 2 atom stereocenters.